The highest BCUT2D eigenvalue weighted by molar-refractivity contribution is 6.05. The number of H-pyrrole nitrogens is 1. The lowest BCUT2D eigenvalue weighted by Crippen LogP contribution is -2.54. The van der Waals surface area contributed by atoms with E-state index in [2.05, 4.69) is 20.4 Å². The molecule has 2 amide bonds. The van der Waals surface area contributed by atoms with Crippen molar-refractivity contribution in [2.24, 2.45) is 0 Å². The van der Waals surface area contributed by atoms with Crippen LogP contribution in [0.25, 0.3) is 10.9 Å². The summed E-state index contributed by atoms with van der Waals surface area (Å²) >= 11 is 0. The Kier molecular flexibility index (Phi) is 6.29. The Morgan fingerprint density at radius 3 is 2.48 bits per heavy atom. The third kappa shape index (κ3) is 4.76. The molecule has 1 aliphatic heterocycles. The first-order chi connectivity index (χ1) is 15.0. The maximum atomic E-state index is 12.8. The zero-order valence-electron chi connectivity index (χ0n) is 17.5. The second-order valence-corrected chi connectivity index (χ2v) is 7.87. The molecule has 1 aliphatic rings. The molecule has 162 valence electrons. The van der Waals surface area contributed by atoms with E-state index in [-0.39, 0.29) is 17.5 Å². The maximum Gasteiger partial charge on any atom is 0.273 e. The van der Waals surface area contributed by atoms with Crippen molar-refractivity contribution in [2.75, 3.05) is 32.7 Å². The minimum atomic E-state index is -0.649. The van der Waals surface area contributed by atoms with Gasteiger partial charge in [0.1, 0.15) is 6.04 Å². The number of nitrogens with zero attached hydrogens (tertiary/aromatic N) is 3. The van der Waals surface area contributed by atoms with Crippen molar-refractivity contribution >= 4 is 22.7 Å². The van der Waals surface area contributed by atoms with Crippen LogP contribution in [0.3, 0.4) is 0 Å². The second-order valence-electron chi connectivity index (χ2n) is 7.87. The van der Waals surface area contributed by atoms with Gasteiger partial charge in [0.15, 0.2) is 5.69 Å². The number of piperazine rings is 1. The van der Waals surface area contributed by atoms with Crippen LogP contribution in [0.4, 0.5) is 0 Å². The average molecular weight is 422 g/mol. The van der Waals surface area contributed by atoms with Gasteiger partial charge in [0.25, 0.3) is 5.91 Å². The van der Waals surface area contributed by atoms with Crippen LogP contribution in [-0.4, -0.2) is 75.7 Å². The first-order valence-corrected chi connectivity index (χ1v) is 10.5. The zero-order chi connectivity index (χ0) is 21.8. The van der Waals surface area contributed by atoms with Gasteiger partial charge in [-0.15, -0.1) is 0 Å². The van der Waals surface area contributed by atoms with E-state index >= 15 is 0 Å². The number of hydrogen-bond donors (Lipinski definition) is 3. The van der Waals surface area contributed by atoms with Gasteiger partial charge in [-0.25, -0.2) is 0 Å². The number of hydrogen-bond acceptors (Lipinski definition) is 5. The highest BCUT2D eigenvalue weighted by Crippen LogP contribution is 2.16. The third-order valence-corrected chi connectivity index (χ3v) is 5.70. The van der Waals surface area contributed by atoms with Gasteiger partial charge in [-0.05, 0) is 18.6 Å². The highest BCUT2D eigenvalue weighted by atomic mass is 16.3. The number of aliphatic hydroxyl groups excluding tert-OH is 1. The molecule has 31 heavy (non-hydrogen) atoms. The standard InChI is InChI=1S/C23H27N5O3/c1-16(24-22(30)21-18-9-5-6-10-19(18)25-26-21)23(31)28-13-11-27(12-14-28)15-20(29)17-7-3-2-4-8-17/h2-10,16,20,29H,11-15H2,1H3,(H,24,30)(H,25,26). The van der Waals surface area contributed by atoms with Gasteiger partial charge in [0.05, 0.1) is 11.6 Å². The van der Waals surface area contributed by atoms with E-state index in [9.17, 15) is 14.7 Å². The van der Waals surface area contributed by atoms with Crippen LogP contribution in [0.5, 0.6) is 0 Å². The molecular weight excluding hydrogens is 394 g/mol. The molecule has 3 aromatic rings. The molecule has 0 bridgehead atoms. The molecule has 2 atom stereocenters. The van der Waals surface area contributed by atoms with Crippen LogP contribution in [0.1, 0.15) is 29.1 Å². The molecule has 1 saturated heterocycles. The summed E-state index contributed by atoms with van der Waals surface area (Å²) in [5.41, 5.74) is 1.96. The number of carbonyl (C=O) groups is 2. The first-order valence-electron chi connectivity index (χ1n) is 10.5. The van der Waals surface area contributed by atoms with Crippen molar-refractivity contribution in [3.05, 3.63) is 65.9 Å². The van der Waals surface area contributed by atoms with E-state index in [4.69, 9.17) is 0 Å². The van der Waals surface area contributed by atoms with E-state index in [0.717, 1.165) is 16.5 Å². The van der Waals surface area contributed by atoms with Crippen molar-refractivity contribution in [2.45, 2.75) is 19.1 Å². The Hall–Kier alpha value is -3.23. The monoisotopic (exact) mass is 421 g/mol. The Labute approximate surface area is 180 Å². The summed E-state index contributed by atoms with van der Waals surface area (Å²) in [6.07, 6.45) is -0.551. The highest BCUT2D eigenvalue weighted by Gasteiger charge is 2.27. The molecule has 2 aromatic carbocycles. The molecule has 0 radical (unpaired) electrons. The largest absolute Gasteiger partial charge is 0.387 e. The Morgan fingerprint density at radius 2 is 1.74 bits per heavy atom. The number of aromatic nitrogens is 2. The van der Waals surface area contributed by atoms with Crippen LogP contribution >= 0.6 is 0 Å². The topological polar surface area (TPSA) is 102 Å². The molecule has 8 nitrogen and oxygen atoms in total. The molecule has 4 rings (SSSR count). The lowest BCUT2D eigenvalue weighted by Gasteiger charge is -2.36. The van der Waals surface area contributed by atoms with E-state index in [1.165, 1.54) is 0 Å². The van der Waals surface area contributed by atoms with Gasteiger partial charge >= 0.3 is 0 Å². The number of rotatable bonds is 6. The molecule has 0 spiro atoms. The van der Waals surface area contributed by atoms with E-state index < -0.39 is 12.1 Å². The SMILES string of the molecule is CC(NC(=O)c1n[nH]c2ccccc12)C(=O)N1CCN(CC(O)c2ccccc2)CC1. The number of β-amino-alcohol motifs (C(OH)–C–C–N with tert-alkyl or cyclic N) is 1. The second kappa shape index (κ2) is 9.28. The van der Waals surface area contributed by atoms with Crippen LogP contribution in [0.2, 0.25) is 0 Å². The molecule has 8 heteroatoms. The molecule has 0 saturated carbocycles. The fourth-order valence-corrected chi connectivity index (χ4v) is 3.91. The number of benzene rings is 2. The predicted octanol–water partition coefficient (Wildman–Crippen LogP) is 1.56. The van der Waals surface area contributed by atoms with Crippen molar-refractivity contribution < 1.29 is 14.7 Å². The fraction of sp³-hybridized carbons (Fsp3) is 0.348. The quantitative estimate of drug-likeness (QED) is 0.561. The predicted molar refractivity (Wildman–Crippen MR) is 117 cm³/mol. The van der Waals surface area contributed by atoms with Gasteiger partial charge in [0.2, 0.25) is 5.91 Å². The lowest BCUT2D eigenvalue weighted by atomic mass is 10.1. The minimum Gasteiger partial charge on any atom is -0.387 e. The smallest absolute Gasteiger partial charge is 0.273 e. The normalized spacial score (nSPS) is 16.8. The average Bonchev–Trinajstić information content (AvgIpc) is 3.24. The van der Waals surface area contributed by atoms with Gasteiger partial charge in [-0.1, -0.05) is 48.5 Å². The third-order valence-electron chi connectivity index (χ3n) is 5.70. The number of amides is 2. The minimum absolute atomic E-state index is 0.114. The molecule has 3 N–H and O–H groups in total. The van der Waals surface area contributed by atoms with Crippen LogP contribution in [0.15, 0.2) is 54.6 Å². The van der Waals surface area contributed by atoms with E-state index in [0.29, 0.717) is 32.7 Å². The number of carbonyl (C=O) groups excluding carboxylic acids is 2. The van der Waals surface area contributed by atoms with Crippen LogP contribution < -0.4 is 5.32 Å². The Balaban J connectivity index is 1.28. The Morgan fingerprint density at radius 1 is 1.06 bits per heavy atom. The van der Waals surface area contributed by atoms with Gasteiger partial charge in [-0.3, -0.25) is 19.6 Å². The molecule has 1 fully saturated rings. The van der Waals surface area contributed by atoms with E-state index in [1.54, 1.807) is 11.8 Å². The van der Waals surface area contributed by atoms with Gasteiger partial charge < -0.3 is 15.3 Å². The number of para-hydroxylation sites is 1. The maximum absolute atomic E-state index is 12.8. The van der Waals surface area contributed by atoms with E-state index in [1.807, 2.05) is 54.6 Å². The summed E-state index contributed by atoms with van der Waals surface area (Å²) in [5.74, 6) is -0.487. The summed E-state index contributed by atoms with van der Waals surface area (Å²) in [4.78, 5) is 29.4. The number of fused-ring (bicyclic) bond motifs is 1. The number of nitrogens with one attached hydrogen (secondary N) is 2. The van der Waals surface area contributed by atoms with Crippen molar-refractivity contribution in [3.63, 3.8) is 0 Å². The zero-order valence-corrected chi connectivity index (χ0v) is 17.5. The summed E-state index contributed by atoms with van der Waals surface area (Å²) < 4.78 is 0. The summed E-state index contributed by atoms with van der Waals surface area (Å²) in [6.45, 7) is 4.71. The summed E-state index contributed by atoms with van der Waals surface area (Å²) in [5, 5.41) is 20.8. The van der Waals surface area contributed by atoms with Crippen molar-refractivity contribution in [1.29, 1.82) is 0 Å². The number of aromatic amines is 1. The van der Waals surface area contributed by atoms with Crippen molar-refractivity contribution in [3.8, 4) is 0 Å². The van der Waals surface area contributed by atoms with Crippen molar-refractivity contribution in [1.82, 2.24) is 25.3 Å². The summed E-state index contributed by atoms with van der Waals surface area (Å²) in [6, 6.07) is 16.3. The van der Waals surface area contributed by atoms with Gasteiger partial charge in [-0.2, -0.15) is 5.10 Å². The first kappa shape index (κ1) is 21.0. The molecule has 2 unspecified atom stereocenters. The summed E-state index contributed by atoms with van der Waals surface area (Å²) in [7, 11) is 0. The molecule has 1 aromatic heterocycles. The number of aliphatic hydroxyl groups is 1. The molecular formula is C23H27N5O3. The lowest BCUT2D eigenvalue weighted by molar-refractivity contribution is -0.134. The molecule has 0 aliphatic carbocycles. The Bertz CT molecular complexity index is 1040. The van der Waals surface area contributed by atoms with Gasteiger partial charge in [0, 0.05) is 38.1 Å². The van der Waals surface area contributed by atoms with Crippen LogP contribution in [-0.2, 0) is 4.79 Å². The molecule has 2 heterocycles. The van der Waals surface area contributed by atoms with Crippen LogP contribution in [0, 0.1) is 0 Å². The fourth-order valence-electron chi connectivity index (χ4n) is 3.91.